The summed E-state index contributed by atoms with van der Waals surface area (Å²) in [6.45, 7) is 3.14. The first kappa shape index (κ1) is 23.9. The van der Waals surface area contributed by atoms with Crippen molar-refractivity contribution in [3.8, 4) is 11.5 Å². The van der Waals surface area contributed by atoms with Gasteiger partial charge in [-0.2, -0.15) is 0 Å². The van der Waals surface area contributed by atoms with Gasteiger partial charge in [0, 0.05) is 4.88 Å². The smallest absolute Gasteiger partial charge is 0.338 e. The van der Waals surface area contributed by atoms with Gasteiger partial charge in [0.1, 0.15) is 5.00 Å². The first-order chi connectivity index (χ1) is 15.2. The third-order valence-electron chi connectivity index (χ3n) is 4.82. The van der Waals surface area contributed by atoms with Gasteiger partial charge in [0.05, 0.1) is 29.4 Å². The number of benzene rings is 1. The third-order valence-corrected chi connectivity index (χ3v) is 6.31. The maximum Gasteiger partial charge on any atom is 0.338 e. The number of ether oxygens (including phenoxy) is 3. The number of carbonyl (C=O) groups is 3. The lowest BCUT2D eigenvalue weighted by atomic mass is 9.95. The highest BCUT2D eigenvalue weighted by molar-refractivity contribution is 7.17. The number of nitrogens with two attached hydrogens (primary N) is 1. The molecule has 1 heterocycles. The van der Waals surface area contributed by atoms with E-state index in [2.05, 4.69) is 5.32 Å². The first-order valence-electron chi connectivity index (χ1n) is 10.2. The summed E-state index contributed by atoms with van der Waals surface area (Å²) in [7, 11) is 1.43. The standard InChI is InChI=1S/C22H25ClN2O6S/c1-11(2)31-19-14(23)8-12(9-15(19)29-3)22(28)30-10-17(26)25-21-18(20(24)27)13-6-4-5-7-16(13)32-21/h8-9,11H,4-7,10H2,1-3H3,(H2,24,27)(H,25,26). The molecule has 10 heteroatoms. The molecular weight excluding hydrogens is 456 g/mol. The second-order valence-corrected chi connectivity index (χ2v) is 9.07. The SMILES string of the molecule is COc1cc(C(=O)OCC(=O)Nc2sc3c(c2C(N)=O)CCCC3)cc(Cl)c1OC(C)C. The van der Waals surface area contributed by atoms with Crippen LogP contribution >= 0.6 is 22.9 Å². The number of methoxy groups -OCH3 is 1. The van der Waals surface area contributed by atoms with Crippen LogP contribution in [0.4, 0.5) is 5.00 Å². The van der Waals surface area contributed by atoms with Gasteiger partial charge in [-0.05, 0) is 57.2 Å². The van der Waals surface area contributed by atoms with Crippen LogP contribution in [-0.4, -0.2) is 37.6 Å². The fourth-order valence-electron chi connectivity index (χ4n) is 3.48. The third kappa shape index (κ3) is 5.34. The molecule has 3 rings (SSSR count). The van der Waals surface area contributed by atoms with Gasteiger partial charge in [-0.15, -0.1) is 11.3 Å². The second kappa shape index (κ2) is 10.2. The summed E-state index contributed by atoms with van der Waals surface area (Å²) in [5, 5.41) is 3.23. The molecule has 0 spiro atoms. The van der Waals surface area contributed by atoms with Crippen LogP contribution in [0.5, 0.6) is 11.5 Å². The Hall–Kier alpha value is -2.78. The minimum Gasteiger partial charge on any atom is -0.493 e. The van der Waals surface area contributed by atoms with Crippen LogP contribution in [0.25, 0.3) is 0 Å². The molecule has 32 heavy (non-hydrogen) atoms. The zero-order valence-corrected chi connectivity index (χ0v) is 19.7. The Kier molecular flexibility index (Phi) is 7.63. The predicted molar refractivity (Wildman–Crippen MR) is 122 cm³/mol. The fourth-order valence-corrected chi connectivity index (χ4v) is 5.05. The van der Waals surface area contributed by atoms with Crippen molar-refractivity contribution < 1.29 is 28.6 Å². The molecule has 1 aromatic carbocycles. The van der Waals surface area contributed by atoms with E-state index in [1.807, 2.05) is 13.8 Å². The molecule has 0 saturated heterocycles. The number of carbonyl (C=O) groups excluding carboxylic acids is 3. The van der Waals surface area contributed by atoms with Crippen LogP contribution in [0, 0.1) is 0 Å². The zero-order chi connectivity index (χ0) is 23.4. The highest BCUT2D eigenvalue weighted by atomic mass is 35.5. The molecule has 1 aliphatic rings. The van der Waals surface area contributed by atoms with E-state index in [4.69, 9.17) is 31.5 Å². The van der Waals surface area contributed by atoms with Crippen LogP contribution in [0.2, 0.25) is 5.02 Å². The van der Waals surface area contributed by atoms with Crippen LogP contribution in [0.1, 0.15) is 57.8 Å². The molecule has 0 unspecified atom stereocenters. The summed E-state index contributed by atoms with van der Waals surface area (Å²) >= 11 is 7.58. The Bertz CT molecular complexity index is 1050. The lowest BCUT2D eigenvalue weighted by molar-refractivity contribution is -0.119. The molecule has 1 aromatic heterocycles. The van der Waals surface area contributed by atoms with Crippen molar-refractivity contribution in [2.75, 3.05) is 19.0 Å². The van der Waals surface area contributed by atoms with Gasteiger partial charge in [-0.3, -0.25) is 9.59 Å². The summed E-state index contributed by atoms with van der Waals surface area (Å²) in [6.07, 6.45) is 3.47. The van der Waals surface area contributed by atoms with Gasteiger partial charge in [0.25, 0.3) is 11.8 Å². The van der Waals surface area contributed by atoms with Crippen LogP contribution < -0.4 is 20.5 Å². The summed E-state index contributed by atoms with van der Waals surface area (Å²) in [6, 6.07) is 2.82. The van der Waals surface area contributed by atoms with E-state index < -0.39 is 24.4 Å². The number of amides is 2. The first-order valence-corrected chi connectivity index (χ1v) is 11.4. The molecule has 0 bridgehead atoms. The molecule has 0 aliphatic heterocycles. The monoisotopic (exact) mass is 480 g/mol. The van der Waals surface area contributed by atoms with Crippen molar-refractivity contribution in [1.29, 1.82) is 0 Å². The number of anilines is 1. The van der Waals surface area contributed by atoms with Gasteiger partial charge < -0.3 is 25.3 Å². The molecular formula is C22H25ClN2O6S. The highest BCUT2D eigenvalue weighted by Crippen LogP contribution is 2.38. The zero-order valence-electron chi connectivity index (χ0n) is 18.1. The number of esters is 1. The maximum absolute atomic E-state index is 12.5. The van der Waals surface area contributed by atoms with E-state index in [9.17, 15) is 14.4 Å². The van der Waals surface area contributed by atoms with E-state index in [1.54, 1.807) is 0 Å². The lowest BCUT2D eigenvalue weighted by Crippen LogP contribution is -2.23. The molecule has 0 saturated carbocycles. The average molecular weight is 481 g/mol. The Balaban J connectivity index is 1.68. The van der Waals surface area contributed by atoms with Gasteiger partial charge in [0.15, 0.2) is 18.1 Å². The van der Waals surface area contributed by atoms with E-state index in [1.165, 1.54) is 30.6 Å². The topological polar surface area (TPSA) is 117 Å². The summed E-state index contributed by atoms with van der Waals surface area (Å²) in [4.78, 5) is 37.8. The maximum atomic E-state index is 12.5. The molecule has 8 nitrogen and oxygen atoms in total. The molecule has 0 radical (unpaired) electrons. The number of aryl methyl sites for hydroxylation is 1. The summed E-state index contributed by atoms with van der Waals surface area (Å²) in [5.41, 5.74) is 6.91. The van der Waals surface area contributed by atoms with Gasteiger partial charge in [-0.1, -0.05) is 11.6 Å². The number of halogens is 1. The van der Waals surface area contributed by atoms with Crippen molar-refractivity contribution in [3.05, 3.63) is 38.7 Å². The molecule has 172 valence electrons. The molecule has 3 N–H and O–H groups in total. The van der Waals surface area contributed by atoms with E-state index in [-0.39, 0.29) is 22.4 Å². The highest BCUT2D eigenvalue weighted by Gasteiger charge is 2.25. The van der Waals surface area contributed by atoms with Crippen LogP contribution in [0.15, 0.2) is 12.1 Å². The molecule has 2 aromatic rings. The van der Waals surface area contributed by atoms with Gasteiger partial charge in [-0.25, -0.2) is 4.79 Å². The second-order valence-electron chi connectivity index (χ2n) is 7.56. The minimum absolute atomic E-state index is 0.111. The Labute approximate surface area is 195 Å². The molecule has 0 atom stereocenters. The van der Waals surface area contributed by atoms with Gasteiger partial charge >= 0.3 is 5.97 Å². The quantitative estimate of drug-likeness (QED) is 0.552. The number of fused-ring (bicyclic) bond motifs is 1. The Morgan fingerprint density at radius 3 is 2.59 bits per heavy atom. The largest absolute Gasteiger partial charge is 0.493 e. The summed E-state index contributed by atoms with van der Waals surface area (Å²) in [5.74, 6) is -1.31. The predicted octanol–water partition coefficient (Wildman–Crippen LogP) is 3.97. The number of nitrogens with one attached hydrogen (secondary N) is 1. The van der Waals surface area contributed by atoms with Crippen LogP contribution in [0.3, 0.4) is 0 Å². The summed E-state index contributed by atoms with van der Waals surface area (Å²) < 4.78 is 16.0. The Morgan fingerprint density at radius 1 is 1.22 bits per heavy atom. The molecule has 1 aliphatic carbocycles. The van der Waals surface area contributed by atoms with Crippen molar-refractivity contribution in [2.24, 2.45) is 5.73 Å². The van der Waals surface area contributed by atoms with Crippen molar-refractivity contribution >= 4 is 45.7 Å². The minimum atomic E-state index is -0.753. The molecule has 0 fully saturated rings. The van der Waals surface area contributed by atoms with E-state index in [0.717, 1.165) is 36.1 Å². The Morgan fingerprint density at radius 2 is 1.94 bits per heavy atom. The van der Waals surface area contributed by atoms with E-state index in [0.29, 0.717) is 16.3 Å². The molecule has 2 amide bonds. The van der Waals surface area contributed by atoms with Crippen molar-refractivity contribution in [3.63, 3.8) is 0 Å². The number of thiophene rings is 1. The van der Waals surface area contributed by atoms with E-state index >= 15 is 0 Å². The van der Waals surface area contributed by atoms with Crippen LogP contribution in [-0.2, 0) is 22.4 Å². The number of rotatable bonds is 8. The normalized spacial score (nSPS) is 12.8. The van der Waals surface area contributed by atoms with Gasteiger partial charge in [0.2, 0.25) is 0 Å². The number of hydrogen-bond acceptors (Lipinski definition) is 7. The number of hydrogen-bond donors (Lipinski definition) is 2. The average Bonchev–Trinajstić information content (AvgIpc) is 3.10. The lowest BCUT2D eigenvalue weighted by Gasteiger charge is -2.16. The van der Waals surface area contributed by atoms with Crippen molar-refractivity contribution in [2.45, 2.75) is 45.6 Å². The van der Waals surface area contributed by atoms with Crippen molar-refractivity contribution in [1.82, 2.24) is 0 Å². The number of primary amides is 1. The fraction of sp³-hybridized carbons (Fsp3) is 0.409.